The van der Waals surface area contributed by atoms with Crippen molar-refractivity contribution < 1.29 is 18.7 Å². The molecule has 2 saturated heterocycles. The number of carboxylic acids is 1. The largest absolute Gasteiger partial charge is 0.480 e. The lowest BCUT2D eigenvalue weighted by molar-refractivity contribution is -0.144. The van der Waals surface area contributed by atoms with Crippen LogP contribution in [0.4, 0.5) is 14.7 Å². The molecule has 0 bridgehead atoms. The predicted molar refractivity (Wildman–Crippen MR) is 147 cm³/mol. The van der Waals surface area contributed by atoms with Gasteiger partial charge in [-0.1, -0.05) is 38.3 Å². The molecule has 1 N–H and O–H groups in total. The molecule has 1 saturated carbocycles. The maximum Gasteiger partial charge on any atom is 0.320 e. The average molecular weight is 542 g/mol. The minimum Gasteiger partial charge on any atom is -0.480 e. The van der Waals surface area contributed by atoms with Gasteiger partial charge in [0.05, 0.1) is 12.4 Å². The lowest BCUT2D eigenvalue weighted by Gasteiger charge is -2.39. The van der Waals surface area contributed by atoms with Crippen molar-refractivity contribution in [1.29, 1.82) is 0 Å². The van der Waals surface area contributed by atoms with Crippen LogP contribution < -0.4 is 4.90 Å². The maximum atomic E-state index is 14.2. The molecule has 0 amide bonds. The van der Waals surface area contributed by atoms with Gasteiger partial charge in [-0.15, -0.1) is 0 Å². The van der Waals surface area contributed by atoms with Gasteiger partial charge in [0.25, 0.3) is 0 Å². The number of nitrogens with zero attached hydrogens (tertiary/aromatic N) is 5. The molecule has 3 fully saturated rings. The Morgan fingerprint density at radius 3 is 2.46 bits per heavy atom. The quantitative estimate of drug-likeness (QED) is 0.438. The van der Waals surface area contributed by atoms with Crippen LogP contribution in [0.5, 0.6) is 0 Å². The van der Waals surface area contributed by atoms with Gasteiger partial charge in [-0.3, -0.25) is 9.69 Å². The van der Waals surface area contributed by atoms with Crippen molar-refractivity contribution >= 4 is 11.9 Å². The number of hydrogen-bond acceptors (Lipinski definition) is 6. The fourth-order valence-electron chi connectivity index (χ4n) is 6.80. The van der Waals surface area contributed by atoms with Crippen LogP contribution in [0, 0.1) is 23.5 Å². The lowest BCUT2D eigenvalue weighted by atomic mass is 9.80. The highest BCUT2D eigenvalue weighted by molar-refractivity contribution is 5.73. The van der Waals surface area contributed by atoms with Crippen molar-refractivity contribution in [2.45, 2.75) is 69.9 Å². The average Bonchev–Trinajstić information content (AvgIpc) is 3.31. The number of halogens is 2. The third kappa shape index (κ3) is 6.74. The molecule has 1 aliphatic carbocycles. The summed E-state index contributed by atoms with van der Waals surface area (Å²) in [7, 11) is 0. The summed E-state index contributed by atoms with van der Waals surface area (Å²) in [5, 5.41) is 10.1. The fourth-order valence-corrected chi connectivity index (χ4v) is 6.80. The number of aromatic nitrogens is 2. The fraction of sp³-hybridized carbons (Fsp3) is 0.633. The highest BCUT2D eigenvalue weighted by Gasteiger charge is 2.41. The van der Waals surface area contributed by atoms with E-state index >= 15 is 0 Å². The highest BCUT2D eigenvalue weighted by atomic mass is 19.1. The van der Waals surface area contributed by atoms with Crippen LogP contribution >= 0.6 is 0 Å². The van der Waals surface area contributed by atoms with Crippen molar-refractivity contribution in [1.82, 2.24) is 19.8 Å². The minimum absolute atomic E-state index is 0.103. The van der Waals surface area contributed by atoms with E-state index in [1.54, 1.807) is 12.1 Å². The zero-order valence-electron chi connectivity index (χ0n) is 22.9. The number of likely N-dealkylation sites (tertiary alicyclic amines) is 2. The van der Waals surface area contributed by atoms with Crippen molar-refractivity contribution in [3.63, 3.8) is 0 Å². The van der Waals surface area contributed by atoms with Crippen LogP contribution in [-0.2, 0) is 4.79 Å². The molecule has 0 radical (unpaired) electrons. The van der Waals surface area contributed by atoms with Gasteiger partial charge in [0.2, 0.25) is 5.95 Å². The summed E-state index contributed by atoms with van der Waals surface area (Å²) in [6.07, 6.45) is 9.50. The van der Waals surface area contributed by atoms with E-state index in [4.69, 9.17) is 0 Å². The van der Waals surface area contributed by atoms with E-state index in [-0.39, 0.29) is 17.7 Å². The van der Waals surface area contributed by atoms with E-state index in [0.29, 0.717) is 30.9 Å². The first-order valence-electron chi connectivity index (χ1n) is 14.6. The van der Waals surface area contributed by atoms with Gasteiger partial charge in [0, 0.05) is 51.2 Å². The molecule has 212 valence electrons. The van der Waals surface area contributed by atoms with Crippen molar-refractivity contribution in [2.24, 2.45) is 11.8 Å². The summed E-state index contributed by atoms with van der Waals surface area (Å²) >= 11 is 0. The first-order valence-corrected chi connectivity index (χ1v) is 14.6. The number of carbonyl (C=O) groups is 1. The smallest absolute Gasteiger partial charge is 0.320 e. The van der Waals surface area contributed by atoms with Gasteiger partial charge in [-0.25, -0.2) is 18.7 Å². The molecule has 1 aromatic carbocycles. The maximum absolute atomic E-state index is 14.2. The van der Waals surface area contributed by atoms with E-state index in [0.717, 1.165) is 70.4 Å². The second kappa shape index (κ2) is 12.7. The van der Waals surface area contributed by atoms with Gasteiger partial charge >= 0.3 is 5.97 Å². The minimum atomic E-state index is -0.736. The SMILES string of the molecule is CCCN(c1ncc(F)cn1)C1CCN(CC2CN([C@H](CC3CCC3)C(=O)O)C[C@@H]2c2cccc(F)c2)CC1. The molecule has 39 heavy (non-hydrogen) atoms. The van der Waals surface area contributed by atoms with Gasteiger partial charge < -0.3 is 14.9 Å². The number of benzene rings is 1. The van der Waals surface area contributed by atoms with E-state index in [9.17, 15) is 18.7 Å². The molecule has 3 heterocycles. The first-order chi connectivity index (χ1) is 18.9. The van der Waals surface area contributed by atoms with E-state index < -0.39 is 17.8 Å². The molecule has 7 nitrogen and oxygen atoms in total. The second-order valence-corrected chi connectivity index (χ2v) is 11.7. The number of hydrogen-bond donors (Lipinski definition) is 1. The molecular weight excluding hydrogens is 500 g/mol. The molecule has 0 spiro atoms. The Hall–Kier alpha value is -2.65. The van der Waals surface area contributed by atoms with Crippen LogP contribution in [-0.4, -0.2) is 82.2 Å². The van der Waals surface area contributed by atoms with E-state index in [1.807, 2.05) is 6.07 Å². The Morgan fingerprint density at radius 1 is 1.10 bits per heavy atom. The molecule has 9 heteroatoms. The molecule has 1 unspecified atom stereocenters. The number of rotatable bonds is 11. The summed E-state index contributed by atoms with van der Waals surface area (Å²) in [5.41, 5.74) is 0.966. The second-order valence-electron chi connectivity index (χ2n) is 11.7. The molecule has 5 rings (SSSR count). The Kier molecular flexibility index (Phi) is 9.07. The summed E-state index contributed by atoms with van der Waals surface area (Å²) in [5.74, 6) is 0.0218. The molecule has 3 atom stereocenters. The summed E-state index contributed by atoms with van der Waals surface area (Å²) in [6.45, 7) is 7.02. The third-order valence-corrected chi connectivity index (χ3v) is 9.07. The van der Waals surface area contributed by atoms with Crippen molar-refractivity contribution in [3.8, 4) is 0 Å². The van der Waals surface area contributed by atoms with Crippen LogP contribution in [0.3, 0.4) is 0 Å². The highest BCUT2D eigenvalue weighted by Crippen LogP contribution is 2.38. The summed E-state index contributed by atoms with van der Waals surface area (Å²) in [6, 6.07) is 6.67. The monoisotopic (exact) mass is 541 g/mol. The van der Waals surface area contributed by atoms with Crippen molar-refractivity contribution in [2.75, 3.05) is 44.2 Å². The van der Waals surface area contributed by atoms with Crippen LogP contribution in [0.1, 0.15) is 63.4 Å². The van der Waals surface area contributed by atoms with Crippen molar-refractivity contribution in [3.05, 3.63) is 53.9 Å². The number of anilines is 1. The molecule has 3 aliphatic rings. The Morgan fingerprint density at radius 2 is 1.85 bits per heavy atom. The lowest BCUT2D eigenvalue weighted by Crippen LogP contribution is -2.47. The van der Waals surface area contributed by atoms with Gasteiger partial charge in [0.1, 0.15) is 11.9 Å². The van der Waals surface area contributed by atoms with Crippen LogP contribution in [0.25, 0.3) is 0 Å². The number of carboxylic acid groups (broad SMARTS) is 1. The topological polar surface area (TPSA) is 72.8 Å². The van der Waals surface area contributed by atoms with E-state index in [2.05, 4.69) is 31.6 Å². The molecular formula is C30H41F2N5O2. The normalized spacial score (nSPS) is 24.0. The van der Waals surface area contributed by atoms with Gasteiger partial charge in [0.15, 0.2) is 5.82 Å². The van der Waals surface area contributed by atoms with Gasteiger partial charge in [-0.2, -0.15) is 0 Å². The van der Waals surface area contributed by atoms with Crippen LogP contribution in [0.15, 0.2) is 36.7 Å². The Labute approximate surface area is 230 Å². The predicted octanol–water partition coefficient (Wildman–Crippen LogP) is 4.79. The molecule has 2 aliphatic heterocycles. The van der Waals surface area contributed by atoms with Gasteiger partial charge in [-0.05, 0) is 55.2 Å². The zero-order valence-corrected chi connectivity index (χ0v) is 22.9. The van der Waals surface area contributed by atoms with E-state index in [1.165, 1.54) is 24.9 Å². The van der Waals surface area contributed by atoms with Crippen LogP contribution in [0.2, 0.25) is 0 Å². The zero-order chi connectivity index (χ0) is 27.4. The number of aliphatic carboxylic acids is 1. The first kappa shape index (κ1) is 27.9. The Balaban J connectivity index is 1.26. The summed E-state index contributed by atoms with van der Waals surface area (Å²) in [4.78, 5) is 27.6. The molecule has 1 aromatic heterocycles. The number of piperidine rings is 1. The third-order valence-electron chi connectivity index (χ3n) is 9.07. The standard InChI is InChI=1S/C30H41F2N5O2/c1-2-11-37(30-33-16-25(32)17-34-30)26-9-12-35(13-10-26)18-23-19-36(28(29(38)39)14-21-5-3-6-21)20-27(23)22-7-4-8-24(31)15-22/h4,7-8,15-17,21,23,26-28H,2-3,5-6,9-14,18-20H2,1H3,(H,38,39)/t23?,27-,28-/m1/s1. The summed E-state index contributed by atoms with van der Waals surface area (Å²) < 4.78 is 27.6. The Bertz CT molecular complexity index is 1090. The molecule has 2 aromatic rings.